The molecule has 2 rings (SSSR count). The molecule has 1 N–H and O–H groups in total. The van der Waals surface area contributed by atoms with E-state index < -0.39 is 12.0 Å². The van der Waals surface area contributed by atoms with E-state index in [-0.39, 0.29) is 10.9 Å². The summed E-state index contributed by atoms with van der Waals surface area (Å²) in [6.07, 6.45) is -3.78. The van der Waals surface area contributed by atoms with Gasteiger partial charge in [-0.3, -0.25) is 4.79 Å². The molecule has 0 saturated heterocycles. The van der Waals surface area contributed by atoms with Gasteiger partial charge in [-0.1, -0.05) is 22.0 Å². The molecule has 0 aliphatic carbocycles. The van der Waals surface area contributed by atoms with Gasteiger partial charge in [0, 0.05) is 21.6 Å². The minimum atomic E-state index is -4.86. The summed E-state index contributed by atoms with van der Waals surface area (Å²) in [7, 11) is 0. The van der Waals surface area contributed by atoms with Crippen LogP contribution in [0.15, 0.2) is 28.9 Å². The van der Waals surface area contributed by atoms with Crippen molar-refractivity contribution in [3.05, 3.63) is 34.4 Å². The Kier molecular flexibility index (Phi) is 2.53. The van der Waals surface area contributed by atoms with Crippen molar-refractivity contribution in [1.82, 2.24) is 4.98 Å². The van der Waals surface area contributed by atoms with Gasteiger partial charge >= 0.3 is 6.18 Å². The van der Waals surface area contributed by atoms with Gasteiger partial charge in [0.2, 0.25) is 0 Å². The highest BCUT2D eigenvalue weighted by Gasteiger charge is 2.40. The second-order valence-corrected chi connectivity index (χ2v) is 4.05. The van der Waals surface area contributed by atoms with Crippen molar-refractivity contribution in [3.63, 3.8) is 0 Å². The number of hydrogen-bond acceptors (Lipinski definition) is 1. The standard InChI is InChI=1S/C10H5BrF3NO/c11-6-2-1-3-7-8(6)5(4-15-7)9(16)10(12,13)14/h1-4,15H. The van der Waals surface area contributed by atoms with Crippen molar-refractivity contribution in [3.8, 4) is 0 Å². The zero-order valence-corrected chi connectivity index (χ0v) is 9.32. The average molecular weight is 292 g/mol. The molecule has 0 unspecified atom stereocenters. The van der Waals surface area contributed by atoms with Crippen LogP contribution in [0.4, 0.5) is 13.2 Å². The van der Waals surface area contributed by atoms with Crippen LogP contribution >= 0.6 is 15.9 Å². The molecule has 0 atom stereocenters. The van der Waals surface area contributed by atoms with Crippen molar-refractivity contribution in [2.45, 2.75) is 6.18 Å². The lowest BCUT2D eigenvalue weighted by molar-refractivity contribution is -0.0884. The number of benzene rings is 1. The molecule has 16 heavy (non-hydrogen) atoms. The largest absolute Gasteiger partial charge is 0.454 e. The maximum atomic E-state index is 12.3. The van der Waals surface area contributed by atoms with Crippen LogP contribution in [0.25, 0.3) is 10.9 Å². The first kappa shape index (κ1) is 11.2. The quantitative estimate of drug-likeness (QED) is 0.799. The Morgan fingerprint density at radius 1 is 1.31 bits per heavy atom. The van der Waals surface area contributed by atoms with Gasteiger partial charge in [0.15, 0.2) is 0 Å². The SMILES string of the molecule is O=C(c1c[nH]c2cccc(Br)c12)C(F)(F)F. The summed E-state index contributed by atoms with van der Waals surface area (Å²) < 4.78 is 37.3. The van der Waals surface area contributed by atoms with Gasteiger partial charge in [0.25, 0.3) is 5.78 Å². The highest BCUT2D eigenvalue weighted by Crippen LogP contribution is 2.31. The summed E-state index contributed by atoms with van der Waals surface area (Å²) in [5, 5.41) is 0.254. The summed E-state index contributed by atoms with van der Waals surface area (Å²) in [4.78, 5) is 13.8. The number of aromatic amines is 1. The Morgan fingerprint density at radius 3 is 2.62 bits per heavy atom. The van der Waals surface area contributed by atoms with Crippen molar-refractivity contribution in [2.24, 2.45) is 0 Å². The van der Waals surface area contributed by atoms with Crippen LogP contribution in [0.1, 0.15) is 10.4 Å². The third kappa shape index (κ3) is 1.73. The molecule has 0 spiro atoms. The van der Waals surface area contributed by atoms with E-state index in [9.17, 15) is 18.0 Å². The van der Waals surface area contributed by atoms with E-state index in [4.69, 9.17) is 0 Å². The van der Waals surface area contributed by atoms with Crippen LogP contribution < -0.4 is 0 Å². The van der Waals surface area contributed by atoms with Crippen LogP contribution in [0.5, 0.6) is 0 Å². The number of aromatic nitrogens is 1. The van der Waals surface area contributed by atoms with Crippen molar-refractivity contribution < 1.29 is 18.0 Å². The number of nitrogens with one attached hydrogen (secondary N) is 1. The fourth-order valence-electron chi connectivity index (χ4n) is 1.47. The summed E-state index contributed by atoms with van der Waals surface area (Å²) in [6, 6.07) is 4.86. The lowest BCUT2D eigenvalue weighted by Gasteiger charge is -2.04. The molecular weight excluding hydrogens is 287 g/mol. The number of alkyl halides is 3. The molecule has 6 heteroatoms. The lowest BCUT2D eigenvalue weighted by Crippen LogP contribution is -2.22. The fraction of sp³-hybridized carbons (Fsp3) is 0.100. The normalized spacial score (nSPS) is 12.0. The molecule has 84 valence electrons. The molecule has 0 aliphatic heterocycles. The molecular formula is C10H5BrF3NO. The van der Waals surface area contributed by atoms with E-state index >= 15 is 0 Å². The molecule has 1 aromatic carbocycles. The smallest absolute Gasteiger partial charge is 0.360 e. The molecule has 1 heterocycles. The number of H-pyrrole nitrogens is 1. The second-order valence-electron chi connectivity index (χ2n) is 3.19. The summed E-state index contributed by atoms with van der Waals surface area (Å²) in [6.45, 7) is 0. The zero-order valence-electron chi connectivity index (χ0n) is 7.73. The van der Waals surface area contributed by atoms with Gasteiger partial charge in [-0.15, -0.1) is 0 Å². The van der Waals surface area contributed by atoms with Gasteiger partial charge in [0.05, 0.1) is 5.56 Å². The average Bonchev–Trinajstić information content (AvgIpc) is 2.60. The first-order valence-electron chi connectivity index (χ1n) is 4.28. The first-order valence-corrected chi connectivity index (χ1v) is 5.07. The predicted molar refractivity (Wildman–Crippen MR) is 56.4 cm³/mol. The number of carbonyl (C=O) groups excluding carboxylic acids is 1. The Hall–Kier alpha value is -1.30. The van der Waals surface area contributed by atoms with Gasteiger partial charge in [0.1, 0.15) is 0 Å². The number of Topliss-reactive ketones (excluding diaryl/α,β-unsaturated/α-hetero) is 1. The van der Waals surface area contributed by atoms with Gasteiger partial charge in [-0.05, 0) is 12.1 Å². The number of rotatable bonds is 1. The Labute approximate surface area is 96.6 Å². The van der Waals surface area contributed by atoms with E-state index in [2.05, 4.69) is 20.9 Å². The number of carbonyl (C=O) groups is 1. The van der Waals surface area contributed by atoms with Gasteiger partial charge in [-0.2, -0.15) is 13.2 Å². The van der Waals surface area contributed by atoms with Crippen LogP contribution in [0.3, 0.4) is 0 Å². The Morgan fingerprint density at radius 2 is 2.00 bits per heavy atom. The molecule has 0 bridgehead atoms. The highest BCUT2D eigenvalue weighted by atomic mass is 79.9. The first-order chi connectivity index (χ1) is 7.41. The molecule has 0 fully saturated rings. The van der Waals surface area contributed by atoms with Crippen LogP contribution in [0, 0.1) is 0 Å². The topological polar surface area (TPSA) is 32.9 Å². The molecule has 2 nitrogen and oxygen atoms in total. The third-order valence-electron chi connectivity index (χ3n) is 2.16. The molecule has 0 radical (unpaired) electrons. The van der Waals surface area contributed by atoms with Crippen molar-refractivity contribution in [1.29, 1.82) is 0 Å². The maximum absolute atomic E-state index is 12.3. The number of hydrogen-bond donors (Lipinski definition) is 1. The number of fused-ring (bicyclic) bond motifs is 1. The molecule has 1 aromatic heterocycles. The number of ketones is 1. The summed E-state index contributed by atoms with van der Waals surface area (Å²) in [5.41, 5.74) is 0.122. The van der Waals surface area contributed by atoms with Crippen molar-refractivity contribution >= 4 is 32.6 Å². The Balaban J connectivity index is 2.67. The number of halogens is 4. The van der Waals surface area contributed by atoms with E-state index in [1.165, 1.54) is 0 Å². The van der Waals surface area contributed by atoms with Crippen LogP contribution in [-0.2, 0) is 0 Å². The highest BCUT2D eigenvalue weighted by molar-refractivity contribution is 9.10. The van der Waals surface area contributed by atoms with Gasteiger partial charge < -0.3 is 4.98 Å². The van der Waals surface area contributed by atoms with Crippen LogP contribution in [-0.4, -0.2) is 16.9 Å². The fourth-order valence-corrected chi connectivity index (χ4v) is 2.05. The second kappa shape index (κ2) is 3.62. The van der Waals surface area contributed by atoms with E-state index in [0.29, 0.717) is 9.99 Å². The minimum Gasteiger partial charge on any atom is -0.360 e. The van der Waals surface area contributed by atoms with Crippen molar-refractivity contribution in [2.75, 3.05) is 0 Å². The minimum absolute atomic E-state index is 0.254. The molecule has 0 saturated carbocycles. The van der Waals surface area contributed by atoms with E-state index in [1.54, 1.807) is 18.2 Å². The Bertz CT molecular complexity index is 559. The molecule has 0 aliphatic rings. The lowest BCUT2D eigenvalue weighted by atomic mass is 10.1. The maximum Gasteiger partial charge on any atom is 0.454 e. The third-order valence-corrected chi connectivity index (χ3v) is 2.82. The van der Waals surface area contributed by atoms with Gasteiger partial charge in [-0.25, -0.2) is 0 Å². The zero-order chi connectivity index (χ0) is 11.9. The summed E-state index contributed by atoms with van der Waals surface area (Å²) in [5.74, 6) is -1.84. The van der Waals surface area contributed by atoms with E-state index in [1.807, 2.05) is 0 Å². The summed E-state index contributed by atoms with van der Waals surface area (Å²) >= 11 is 3.12. The monoisotopic (exact) mass is 291 g/mol. The van der Waals surface area contributed by atoms with Crippen LogP contribution in [0.2, 0.25) is 0 Å². The molecule has 0 amide bonds. The predicted octanol–water partition coefficient (Wildman–Crippen LogP) is 3.68. The van der Waals surface area contributed by atoms with E-state index in [0.717, 1.165) is 6.20 Å². The molecule has 2 aromatic rings.